The lowest BCUT2D eigenvalue weighted by Crippen LogP contribution is -2.15. The molecule has 1 aromatic heterocycles. The van der Waals surface area contributed by atoms with Gasteiger partial charge in [-0.1, -0.05) is 36.4 Å². The zero-order valence-electron chi connectivity index (χ0n) is 16.9. The highest BCUT2D eigenvalue weighted by molar-refractivity contribution is 5.98. The van der Waals surface area contributed by atoms with E-state index in [1.165, 1.54) is 0 Å². The summed E-state index contributed by atoms with van der Waals surface area (Å²) in [6.45, 7) is 0.618. The molecule has 0 radical (unpaired) electrons. The molecule has 0 spiro atoms. The Balaban J connectivity index is 1.58. The highest BCUT2D eigenvalue weighted by Crippen LogP contribution is 2.21. The highest BCUT2D eigenvalue weighted by atomic mass is 16.5. The molecule has 3 aromatic rings. The van der Waals surface area contributed by atoms with Gasteiger partial charge in [0.2, 0.25) is 5.95 Å². The average Bonchev–Trinajstić information content (AvgIpc) is 2.77. The van der Waals surface area contributed by atoms with E-state index in [1.807, 2.05) is 48.5 Å². The molecule has 1 heterocycles. The molecule has 0 unspecified atom stereocenters. The number of hydrogen-bond donors (Lipinski definition) is 3. The van der Waals surface area contributed by atoms with Gasteiger partial charge in [-0.2, -0.15) is 0 Å². The lowest BCUT2D eigenvalue weighted by molar-refractivity contribution is -0.117. The van der Waals surface area contributed by atoms with Crippen molar-refractivity contribution in [1.29, 1.82) is 5.41 Å². The lowest BCUT2D eigenvalue weighted by Gasteiger charge is -2.08. The molecule has 0 aliphatic carbocycles. The van der Waals surface area contributed by atoms with Gasteiger partial charge in [-0.3, -0.25) is 10.2 Å². The number of ketones is 1. The predicted molar refractivity (Wildman–Crippen MR) is 118 cm³/mol. The van der Waals surface area contributed by atoms with Crippen LogP contribution in [0.3, 0.4) is 0 Å². The number of carbonyl (C=O) groups is 1. The number of aromatic nitrogens is 2. The van der Waals surface area contributed by atoms with Crippen molar-refractivity contribution in [2.75, 3.05) is 12.4 Å². The van der Waals surface area contributed by atoms with Gasteiger partial charge in [0.1, 0.15) is 11.5 Å². The number of aryl methyl sites for hydroxylation is 1. The van der Waals surface area contributed by atoms with Gasteiger partial charge in [0.15, 0.2) is 0 Å². The molecule has 0 amide bonds. The number of ether oxygens (including phenoxy) is 1. The van der Waals surface area contributed by atoms with Gasteiger partial charge in [-0.15, -0.1) is 0 Å². The Bertz CT molecular complexity index is 1000. The molecule has 154 valence electrons. The molecule has 7 nitrogen and oxygen atoms in total. The summed E-state index contributed by atoms with van der Waals surface area (Å²) in [5.74, 6) is 1.26. The molecule has 30 heavy (non-hydrogen) atoms. The number of methoxy groups -OCH3 is 1. The van der Waals surface area contributed by atoms with Crippen LogP contribution in [0.2, 0.25) is 0 Å². The Morgan fingerprint density at radius 3 is 2.47 bits per heavy atom. The first-order chi connectivity index (χ1) is 14.5. The van der Waals surface area contributed by atoms with Crippen molar-refractivity contribution in [3.63, 3.8) is 0 Å². The number of benzene rings is 2. The summed E-state index contributed by atoms with van der Waals surface area (Å²) in [6.07, 6.45) is 4.56. The van der Waals surface area contributed by atoms with Crippen LogP contribution in [0.4, 0.5) is 5.95 Å². The molecule has 0 aliphatic rings. The minimum absolute atomic E-state index is 0.0124. The van der Waals surface area contributed by atoms with Gasteiger partial charge in [-0.05, 0) is 35.2 Å². The van der Waals surface area contributed by atoms with E-state index in [0.29, 0.717) is 25.3 Å². The predicted octanol–water partition coefficient (Wildman–Crippen LogP) is 3.59. The summed E-state index contributed by atoms with van der Waals surface area (Å²) in [5, 5.41) is 10.4. The van der Waals surface area contributed by atoms with Crippen LogP contribution in [0.25, 0.3) is 11.1 Å². The minimum atomic E-state index is -0.0911. The van der Waals surface area contributed by atoms with E-state index in [4.69, 9.17) is 15.9 Å². The highest BCUT2D eigenvalue weighted by Gasteiger charge is 2.06. The van der Waals surface area contributed by atoms with Crippen molar-refractivity contribution >= 4 is 17.6 Å². The van der Waals surface area contributed by atoms with Gasteiger partial charge >= 0.3 is 0 Å². The molecule has 4 N–H and O–H groups in total. The number of hydrogen-bond acceptors (Lipinski definition) is 6. The number of amidine groups is 1. The van der Waals surface area contributed by atoms with Crippen molar-refractivity contribution in [2.45, 2.75) is 25.8 Å². The van der Waals surface area contributed by atoms with Crippen LogP contribution in [0, 0.1) is 5.41 Å². The Kier molecular flexibility index (Phi) is 7.10. The summed E-state index contributed by atoms with van der Waals surface area (Å²) < 4.78 is 5.16. The van der Waals surface area contributed by atoms with Crippen molar-refractivity contribution in [1.82, 2.24) is 9.97 Å². The zero-order chi connectivity index (χ0) is 21.3. The van der Waals surface area contributed by atoms with Gasteiger partial charge in [0, 0.05) is 30.9 Å². The van der Waals surface area contributed by atoms with Crippen LogP contribution in [0.1, 0.15) is 24.0 Å². The third kappa shape index (κ3) is 6.13. The standard InChI is InChI=1S/C23H25N5O2/c1-30-21-9-6-17(7-10-21)13-26-23-27-14-19(15-28-23)18-4-2-3-16(11-18)5-8-20(29)12-22(24)25/h2-4,6-7,9-11,14-15H,5,8,12-13H2,1H3,(H3,24,25)(H,26,27,28). The Hall–Kier alpha value is -3.74. The van der Waals surface area contributed by atoms with Gasteiger partial charge in [0.25, 0.3) is 0 Å². The lowest BCUT2D eigenvalue weighted by atomic mass is 10.0. The molecule has 0 saturated carbocycles. The fourth-order valence-corrected chi connectivity index (χ4v) is 2.98. The molecule has 3 rings (SSSR count). The first-order valence-electron chi connectivity index (χ1n) is 9.66. The fourth-order valence-electron chi connectivity index (χ4n) is 2.98. The summed E-state index contributed by atoms with van der Waals surface area (Å²) in [7, 11) is 1.65. The maximum absolute atomic E-state index is 11.8. The molecule has 0 atom stereocenters. The molecule has 2 aromatic carbocycles. The van der Waals surface area contributed by atoms with Crippen LogP contribution < -0.4 is 15.8 Å². The molecular weight excluding hydrogens is 378 g/mol. The van der Waals surface area contributed by atoms with Crippen molar-refractivity contribution in [2.24, 2.45) is 5.73 Å². The van der Waals surface area contributed by atoms with E-state index in [-0.39, 0.29) is 18.0 Å². The van der Waals surface area contributed by atoms with Crippen LogP contribution in [-0.2, 0) is 17.8 Å². The van der Waals surface area contributed by atoms with Gasteiger partial charge in [0.05, 0.1) is 19.4 Å². The van der Waals surface area contributed by atoms with Crippen molar-refractivity contribution < 1.29 is 9.53 Å². The number of nitrogens with one attached hydrogen (secondary N) is 2. The van der Waals surface area contributed by atoms with E-state index < -0.39 is 0 Å². The van der Waals surface area contributed by atoms with E-state index in [2.05, 4.69) is 15.3 Å². The Morgan fingerprint density at radius 2 is 1.80 bits per heavy atom. The number of anilines is 1. The Labute approximate surface area is 175 Å². The molecule has 0 fully saturated rings. The van der Waals surface area contributed by atoms with E-state index in [0.717, 1.165) is 28.0 Å². The zero-order valence-corrected chi connectivity index (χ0v) is 16.9. The molecule has 0 bridgehead atoms. The topological polar surface area (TPSA) is 114 Å². The maximum atomic E-state index is 11.8. The SMILES string of the molecule is COc1ccc(CNc2ncc(-c3cccc(CCC(=O)CC(=N)N)c3)cn2)cc1. The molecular formula is C23H25N5O2. The van der Waals surface area contributed by atoms with E-state index >= 15 is 0 Å². The first kappa shape index (κ1) is 21.0. The van der Waals surface area contributed by atoms with Crippen LogP contribution in [-0.4, -0.2) is 28.7 Å². The molecule has 0 saturated heterocycles. The molecule has 0 aliphatic heterocycles. The van der Waals surface area contributed by atoms with Crippen molar-refractivity contribution in [3.8, 4) is 16.9 Å². The normalized spacial score (nSPS) is 10.4. The summed E-state index contributed by atoms with van der Waals surface area (Å²) in [5.41, 5.74) is 9.33. The summed E-state index contributed by atoms with van der Waals surface area (Å²) >= 11 is 0. The third-order valence-electron chi connectivity index (χ3n) is 4.60. The monoisotopic (exact) mass is 403 g/mol. The number of Topliss-reactive ketones (excluding diaryl/α,β-unsaturated/α-hetero) is 1. The van der Waals surface area contributed by atoms with Crippen LogP contribution >= 0.6 is 0 Å². The Morgan fingerprint density at radius 1 is 1.07 bits per heavy atom. The quantitative estimate of drug-likeness (QED) is 0.352. The number of carbonyl (C=O) groups excluding carboxylic acids is 1. The van der Waals surface area contributed by atoms with E-state index in [1.54, 1.807) is 19.5 Å². The summed E-state index contributed by atoms with van der Waals surface area (Å²) in [4.78, 5) is 20.6. The largest absolute Gasteiger partial charge is 0.497 e. The minimum Gasteiger partial charge on any atom is -0.497 e. The second-order valence-electron chi connectivity index (χ2n) is 6.94. The smallest absolute Gasteiger partial charge is 0.222 e. The number of nitrogens with zero attached hydrogens (tertiary/aromatic N) is 2. The van der Waals surface area contributed by atoms with E-state index in [9.17, 15) is 4.79 Å². The summed E-state index contributed by atoms with van der Waals surface area (Å²) in [6, 6.07) is 15.8. The third-order valence-corrected chi connectivity index (χ3v) is 4.60. The second kappa shape index (κ2) is 10.2. The maximum Gasteiger partial charge on any atom is 0.222 e. The van der Waals surface area contributed by atoms with Crippen LogP contribution in [0.15, 0.2) is 60.9 Å². The van der Waals surface area contributed by atoms with Crippen molar-refractivity contribution in [3.05, 3.63) is 72.1 Å². The average molecular weight is 403 g/mol. The second-order valence-corrected chi connectivity index (χ2v) is 6.94. The first-order valence-corrected chi connectivity index (χ1v) is 9.66. The van der Waals surface area contributed by atoms with Gasteiger partial charge in [-0.25, -0.2) is 9.97 Å². The van der Waals surface area contributed by atoms with Crippen LogP contribution in [0.5, 0.6) is 5.75 Å². The number of nitrogens with two attached hydrogens (primary N) is 1. The number of rotatable bonds is 10. The van der Waals surface area contributed by atoms with Gasteiger partial charge < -0.3 is 15.8 Å². The fraction of sp³-hybridized carbons (Fsp3) is 0.217. The molecule has 7 heteroatoms.